The van der Waals surface area contributed by atoms with Gasteiger partial charge in [-0.15, -0.1) is 0 Å². The summed E-state index contributed by atoms with van der Waals surface area (Å²) in [5.41, 5.74) is 0. The van der Waals surface area contributed by atoms with Crippen LogP contribution in [0.25, 0.3) is 0 Å². The van der Waals surface area contributed by atoms with Gasteiger partial charge in [0.2, 0.25) is 5.91 Å². The van der Waals surface area contributed by atoms with Crippen LogP contribution >= 0.6 is 0 Å². The van der Waals surface area contributed by atoms with Gasteiger partial charge in [0, 0.05) is 19.5 Å². The lowest BCUT2D eigenvalue weighted by atomic mass is 10.1. The third-order valence-electron chi connectivity index (χ3n) is 2.54. The molecule has 0 aliphatic carbocycles. The van der Waals surface area contributed by atoms with E-state index in [2.05, 4.69) is 24.1 Å². The maximum atomic E-state index is 11.3. The van der Waals surface area contributed by atoms with Crippen molar-refractivity contribution in [2.24, 2.45) is 5.92 Å². The Balaban J connectivity index is 1.99. The maximum Gasteiger partial charge on any atom is 0.220 e. The molecule has 1 heterocycles. The van der Waals surface area contributed by atoms with Crippen LogP contribution in [0.5, 0.6) is 0 Å². The summed E-state index contributed by atoms with van der Waals surface area (Å²) in [6.07, 6.45) is 3.29. The highest BCUT2D eigenvalue weighted by molar-refractivity contribution is 5.75. The van der Waals surface area contributed by atoms with Gasteiger partial charge in [-0.3, -0.25) is 4.79 Å². The lowest BCUT2D eigenvalue weighted by molar-refractivity contribution is -0.121. The molecule has 1 amide bonds. The second kappa shape index (κ2) is 6.02. The molecule has 3 heteroatoms. The van der Waals surface area contributed by atoms with Crippen molar-refractivity contribution in [3.05, 3.63) is 0 Å². The van der Waals surface area contributed by atoms with Crippen molar-refractivity contribution < 1.29 is 4.79 Å². The Labute approximate surface area is 86.9 Å². The second-order valence-electron chi connectivity index (χ2n) is 4.50. The van der Waals surface area contributed by atoms with Gasteiger partial charge in [0.05, 0.1) is 0 Å². The third-order valence-corrected chi connectivity index (χ3v) is 2.54. The molecular weight excluding hydrogens is 176 g/mol. The average Bonchev–Trinajstić information content (AvgIpc) is 2.55. The predicted molar refractivity (Wildman–Crippen MR) is 58.1 cm³/mol. The molecule has 0 aromatic heterocycles. The first-order valence-electron chi connectivity index (χ1n) is 5.67. The van der Waals surface area contributed by atoms with Crippen LogP contribution in [0.3, 0.4) is 0 Å². The van der Waals surface area contributed by atoms with E-state index in [1.165, 1.54) is 25.9 Å². The highest BCUT2D eigenvalue weighted by atomic mass is 16.1. The summed E-state index contributed by atoms with van der Waals surface area (Å²) in [5, 5.41) is 2.96. The van der Waals surface area contributed by atoms with Crippen LogP contribution < -0.4 is 5.32 Å². The van der Waals surface area contributed by atoms with Crippen molar-refractivity contribution in [2.45, 2.75) is 33.1 Å². The first-order chi connectivity index (χ1) is 6.68. The van der Waals surface area contributed by atoms with E-state index >= 15 is 0 Å². The zero-order chi connectivity index (χ0) is 10.4. The van der Waals surface area contributed by atoms with Gasteiger partial charge in [-0.25, -0.2) is 0 Å². The fourth-order valence-corrected chi connectivity index (χ4v) is 1.80. The standard InChI is InChI=1S/C11H22N2O/c1-10(2)9-11(14)12-5-8-13-6-3-4-7-13/h10H,3-9H2,1-2H3,(H,12,14). The van der Waals surface area contributed by atoms with Gasteiger partial charge in [-0.1, -0.05) is 13.8 Å². The molecule has 0 aromatic carbocycles. The number of carbonyl (C=O) groups is 1. The van der Waals surface area contributed by atoms with E-state index < -0.39 is 0 Å². The topological polar surface area (TPSA) is 32.3 Å². The SMILES string of the molecule is CC(C)CC(=O)NCCN1CCCC1. The summed E-state index contributed by atoms with van der Waals surface area (Å²) in [6, 6.07) is 0. The molecular formula is C11H22N2O. The van der Waals surface area contributed by atoms with Crippen molar-refractivity contribution in [3.63, 3.8) is 0 Å². The quantitative estimate of drug-likeness (QED) is 0.721. The van der Waals surface area contributed by atoms with E-state index in [-0.39, 0.29) is 5.91 Å². The number of hydrogen-bond acceptors (Lipinski definition) is 2. The normalized spacial score (nSPS) is 17.6. The lowest BCUT2D eigenvalue weighted by Gasteiger charge is -2.14. The molecule has 0 bridgehead atoms. The summed E-state index contributed by atoms with van der Waals surface area (Å²) >= 11 is 0. The molecule has 0 radical (unpaired) electrons. The molecule has 1 aliphatic heterocycles. The Hall–Kier alpha value is -0.570. The van der Waals surface area contributed by atoms with E-state index in [0.717, 1.165) is 13.1 Å². The number of nitrogens with zero attached hydrogens (tertiary/aromatic N) is 1. The molecule has 1 fully saturated rings. The molecule has 1 aliphatic rings. The molecule has 14 heavy (non-hydrogen) atoms. The van der Waals surface area contributed by atoms with E-state index in [1.807, 2.05) is 0 Å². The van der Waals surface area contributed by atoms with Crippen LogP contribution in [0.2, 0.25) is 0 Å². The van der Waals surface area contributed by atoms with Crippen LogP contribution in [0.4, 0.5) is 0 Å². The second-order valence-corrected chi connectivity index (χ2v) is 4.50. The zero-order valence-electron chi connectivity index (χ0n) is 9.38. The molecule has 1 N–H and O–H groups in total. The molecule has 1 rings (SSSR count). The smallest absolute Gasteiger partial charge is 0.220 e. The number of amides is 1. The Morgan fingerprint density at radius 3 is 2.57 bits per heavy atom. The van der Waals surface area contributed by atoms with Crippen molar-refractivity contribution in [2.75, 3.05) is 26.2 Å². The van der Waals surface area contributed by atoms with E-state index in [9.17, 15) is 4.79 Å². The van der Waals surface area contributed by atoms with Crippen molar-refractivity contribution in [3.8, 4) is 0 Å². The molecule has 82 valence electrons. The van der Waals surface area contributed by atoms with Crippen LogP contribution in [0.15, 0.2) is 0 Å². The number of rotatable bonds is 5. The first kappa shape index (κ1) is 11.5. The molecule has 0 atom stereocenters. The summed E-state index contributed by atoms with van der Waals surface area (Å²) in [5.74, 6) is 0.654. The number of likely N-dealkylation sites (tertiary alicyclic amines) is 1. The van der Waals surface area contributed by atoms with Crippen LogP contribution in [0.1, 0.15) is 33.1 Å². The third kappa shape index (κ3) is 4.61. The first-order valence-corrected chi connectivity index (χ1v) is 5.67. The Kier molecular flexibility index (Phi) is 4.94. The van der Waals surface area contributed by atoms with Gasteiger partial charge in [0.25, 0.3) is 0 Å². The summed E-state index contributed by atoms with van der Waals surface area (Å²) < 4.78 is 0. The monoisotopic (exact) mass is 198 g/mol. The maximum absolute atomic E-state index is 11.3. The highest BCUT2D eigenvalue weighted by Gasteiger charge is 2.11. The molecule has 1 saturated heterocycles. The molecule has 0 saturated carbocycles. The predicted octanol–water partition coefficient (Wildman–Crippen LogP) is 1.24. The fraction of sp³-hybridized carbons (Fsp3) is 0.909. The Morgan fingerprint density at radius 1 is 1.36 bits per heavy atom. The molecule has 0 spiro atoms. The van der Waals surface area contributed by atoms with Crippen LogP contribution in [0, 0.1) is 5.92 Å². The van der Waals surface area contributed by atoms with Crippen LogP contribution in [-0.2, 0) is 4.79 Å². The minimum Gasteiger partial charge on any atom is -0.355 e. The minimum absolute atomic E-state index is 0.194. The molecule has 0 unspecified atom stereocenters. The van der Waals surface area contributed by atoms with Gasteiger partial charge in [-0.05, 0) is 31.8 Å². The number of hydrogen-bond donors (Lipinski definition) is 1. The van der Waals surface area contributed by atoms with Crippen LogP contribution in [-0.4, -0.2) is 37.0 Å². The summed E-state index contributed by atoms with van der Waals surface area (Å²) in [6.45, 7) is 8.38. The van der Waals surface area contributed by atoms with Gasteiger partial charge in [-0.2, -0.15) is 0 Å². The summed E-state index contributed by atoms with van der Waals surface area (Å²) in [7, 11) is 0. The number of nitrogens with one attached hydrogen (secondary N) is 1. The van der Waals surface area contributed by atoms with Crippen molar-refractivity contribution in [1.82, 2.24) is 10.2 Å². The van der Waals surface area contributed by atoms with Gasteiger partial charge in [0.15, 0.2) is 0 Å². The highest BCUT2D eigenvalue weighted by Crippen LogP contribution is 2.05. The summed E-state index contributed by atoms with van der Waals surface area (Å²) in [4.78, 5) is 13.7. The largest absolute Gasteiger partial charge is 0.355 e. The number of carbonyl (C=O) groups excluding carboxylic acids is 1. The lowest BCUT2D eigenvalue weighted by Crippen LogP contribution is -2.33. The molecule has 3 nitrogen and oxygen atoms in total. The minimum atomic E-state index is 0.194. The Bertz CT molecular complexity index is 174. The van der Waals surface area contributed by atoms with E-state index in [0.29, 0.717) is 12.3 Å². The van der Waals surface area contributed by atoms with Crippen molar-refractivity contribution >= 4 is 5.91 Å². The van der Waals surface area contributed by atoms with Gasteiger partial charge < -0.3 is 10.2 Å². The fourth-order valence-electron chi connectivity index (χ4n) is 1.80. The van der Waals surface area contributed by atoms with E-state index in [4.69, 9.17) is 0 Å². The van der Waals surface area contributed by atoms with E-state index in [1.54, 1.807) is 0 Å². The van der Waals surface area contributed by atoms with Gasteiger partial charge in [0.1, 0.15) is 0 Å². The van der Waals surface area contributed by atoms with Crippen molar-refractivity contribution in [1.29, 1.82) is 0 Å². The Morgan fingerprint density at radius 2 is 2.00 bits per heavy atom. The molecule has 0 aromatic rings. The van der Waals surface area contributed by atoms with Gasteiger partial charge >= 0.3 is 0 Å². The average molecular weight is 198 g/mol. The zero-order valence-corrected chi connectivity index (χ0v) is 9.38.